The number of rotatable bonds is 5. The highest BCUT2D eigenvalue weighted by atomic mass is 35.5. The Labute approximate surface area is 101 Å². The monoisotopic (exact) mass is 235 g/mol. The third-order valence-electron chi connectivity index (χ3n) is 2.14. The van der Waals surface area contributed by atoms with Crippen molar-refractivity contribution < 1.29 is 4.79 Å². The van der Waals surface area contributed by atoms with E-state index in [2.05, 4.69) is 17.2 Å². The summed E-state index contributed by atoms with van der Waals surface area (Å²) in [7, 11) is 0. The zero-order valence-electron chi connectivity index (χ0n) is 9.16. The first-order valence-electron chi connectivity index (χ1n) is 5.14. The van der Waals surface area contributed by atoms with Crippen molar-refractivity contribution in [1.29, 1.82) is 0 Å². The molecule has 1 unspecified atom stereocenters. The van der Waals surface area contributed by atoms with Crippen LogP contribution in [0.5, 0.6) is 0 Å². The maximum Gasteiger partial charge on any atom is 0.142 e. The highest BCUT2D eigenvalue weighted by molar-refractivity contribution is 6.33. The molecule has 0 heterocycles. The average molecular weight is 236 g/mol. The summed E-state index contributed by atoms with van der Waals surface area (Å²) in [6, 6.07) is 7.14. The van der Waals surface area contributed by atoms with Crippen LogP contribution in [0.4, 0.5) is 5.69 Å². The van der Waals surface area contributed by atoms with Crippen LogP contribution < -0.4 is 5.32 Å². The van der Waals surface area contributed by atoms with Crippen molar-refractivity contribution >= 4 is 23.6 Å². The summed E-state index contributed by atoms with van der Waals surface area (Å²) in [6.07, 6.45) is 2.29. The van der Waals surface area contributed by atoms with Gasteiger partial charge in [0.15, 0.2) is 0 Å². The fraction of sp³-hybridized carbons (Fsp3) is 0.308. The molecular weight excluding hydrogens is 222 g/mol. The van der Waals surface area contributed by atoms with Crippen molar-refractivity contribution in [3.05, 3.63) is 29.3 Å². The molecule has 0 aliphatic carbocycles. The van der Waals surface area contributed by atoms with E-state index in [0.29, 0.717) is 17.9 Å². The van der Waals surface area contributed by atoms with E-state index in [4.69, 9.17) is 11.6 Å². The van der Waals surface area contributed by atoms with Crippen molar-refractivity contribution in [3.8, 4) is 11.8 Å². The Kier molecular flexibility index (Phi) is 5.45. The summed E-state index contributed by atoms with van der Waals surface area (Å²) >= 11 is 5.98. The fourth-order valence-electron chi connectivity index (χ4n) is 1.30. The number of aldehydes is 1. The summed E-state index contributed by atoms with van der Waals surface area (Å²) in [6.45, 7) is 1.79. The third-order valence-corrected chi connectivity index (χ3v) is 2.47. The van der Waals surface area contributed by atoms with E-state index in [1.54, 1.807) is 13.0 Å². The lowest BCUT2D eigenvalue weighted by Crippen LogP contribution is -2.20. The Hall–Kier alpha value is -1.46. The Morgan fingerprint density at radius 2 is 2.25 bits per heavy atom. The topological polar surface area (TPSA) is 29.1 Å². The minimum Gasteiger partial charge on any atom is -0.374 e. The molecule has 0 aromatic heterocycles. The van der Waals surface area contributed by atoms with E-state index in [0.717, 1.165) is 12.0 Å². The molecule has 0 bridgehead atoms. The number of nitrogens with one attached hydrogen (secondary N) is 1. The molecule has 0 amide bonds. The van der Waals surface area contributed by atoms with Crippen molar-refractivity contribution in [2.45, 2.75) is 25.8 Å². The number of carbonyl (C=O) groups is 1. The second-order valence-corrected chi connectivity index (χ2v) is 3.74. The normalized spacial score (nSPS) is 11.1. The molecule has 0 fully saturated rings. The first-order chi connectivity index (χ1) is 7.77. The lowest BCUT2D eigenvalue weighted by Gasteiger charge is -2.13. The van der Waals surface area contributed by atoms with Gasteiger partial charge in [0.2, 0.25) is 0 Å². The van der Waals surface area contributed by atoms with Gasteiger partial charge in [-0.1, -0.05) is 23.7 Å². The van der Waals surface area contributed by atoms with Gasteiger partial charge in [-0.3, -0.25) is 0 Å². The van der Waals surface area contributed by atoms with Gasteiger partial charge in [0, 0.05) is 6.42 Å². The van der Waals surface area contributed by atoms with Crippen LogP contribution in [0.1, 0.15) is 19.8 Å². The Bertz CT molecular complexity index is 406. The van der Waals surface area contributed by atoms with E-state index in [9.17, 15) is 4.79 Å². The number of para-hydroxylation sites is 1. The molecule has 1 rings (SSSR count). The molecular formula is C13H14ClNO. The number of anilines is 1. The lowest BCUT2D eigenvalue weighted by molar-refractivity contribution is -0.108. The lowest BCUT2D eigenvalue weighted by atomic mass is 10.1. The summed E-state index contributed by atoms with van der Waals surface area (Å²) < 4.78 is 0. The maximum absolute atomic E-state index is 10.9. The van der Waals surface area contributed by atoms with E-state index in [1.807, 2.05) is 18.2 Å². The molecule has 3 heteroatoms. The molecule has 1 N–H and O–H groups in total. The second-order valence-electron chi connectivity index (χ2n) is 3.33. The van der Waals surface area contributed by atoms with Crippen LogP contribution in [0.3, 0.4) is 0 Å². The molecule has 0 aliphatic rings. The highest BCUT2D eigenvalue weighted by Gasteiger charge is 2.07. The van der Waals surface area contributed by atoms with Gasteiger partial charge in [-0.2, -0.15) is 0 Å². The van der Waals surface area contributed by atoms with Crippen LogP contribution in [0.15, 0.2) is 24.3 Å². The van der Waals surface area contributed by atoms with E-state index < -0.39 is 0 Å². The standard InChI is InChI=1S/C13H14ClNO/c1-2-3-4-7-11(10-16)15-13-9-6-5-8-12(13)14/h5-6,8-11,15H,4,7H2,1H3. The number of hydrogen-bond donors (Lipinski definition) is 1. The molecule has 0 spiro atoms. The number of hydrogen-bond acceptors (Lipinski definition) is 2. The highest BCUT2D eigenvalue weighted by Crippen LogP contribution is 2.21. The largest absolute Gasteiger partial charge is 0.374 e. The van der Waals surface area contributed by atoms with Gasteiger partial charge in [0.1, 0.15) is 6.29 Å². The smallest absolute Gasteiger partial charge is 0.142 e. The van der Waals surface area contributed by atoms with E-state index >= 15 is 0 Å². The molecule has 84 valence electrons. The molecule has 16 heavy (non-hydrogen) atoms. The second kappa shape index (κ2) is 6.92. The van der Waals surface area contributed by atoms with Crippen LogP contribution in [-0.4, -0.2) is 12.3 Å². The van der Waals surface area contributed by atoms with Crippen molar-refractivity contribution in [3.63, 3.8) is 0 Å². The Morgan fingerprint density at radius 1 is 1.50 bits per heavy atom. The van der Waals surface area contributed by atoms with Gasteiger partial charge >= 0.3 is 0 Å². The minimum absolute atomic E-state index is 0.235. The zero-order valence-corrected chi connectivity index (χ0v) is 9.92. The molecule has 1 aromatic rings. The van der Waals surface area contributed by atoms with Crippen LogP contribution in [0.2, 0.25) is 5.02 Å². The SMILES string of the molecule is CC#CCCC(C=O)Nc1ccccc1Cl. The van der Waals surface area contributed by atoms with Crippen LogP contribution in [0, 0.1) is 11.8 Å². The van der Waals surface area contributed by atoms with Gasteiger partial charge in [-0.05, 0) is 25.5 Å². The number of carbonyl (C=O) groups excluding carboxylic acids is 1. The molecule has 0 radical (unpaired) electrons. The van der Waals surface area contributed by atoms with Crippen molar-refractivity contribution in [2.75, 3.05) is 5.32 Å². The predicted molar refractivity (Wildman–Crippen MR) is 67.6 cm³/mol. The van der Waals surface area contributed by atoms with Gasteiger partial charge < -0.3 is 10.1 Å². The molecule has 2 nitrogen and oxygen atoms in total. The maximum atomic E-state index is 10.9. The van der Waals surface area contributed by atoms with Crippen LogP contribution >= 0.6 is 11.6 Å². The molecule has 1 aromatic carbocycles. The average Bonchev–Trinajstić information content (AvgIpc) is 2.30. The first-order valence-corrected chi connectivity index (χ1v) is 5.51. The van der Waals surface area contributed by atoms with Gasteiger partial charge in [0.05, 0.1) is 16.8 Å². The summed E-state index contributed by atoms with van der Waals surface area (Å²) in [5.41, 5.74) is 0.783. The Morgan fingerprint density at radius 3 is 2.88 bits per heavy atom. The third kappa shape index (κ3) is 3.96. The van der Waals surface area contributed by atoms with Crippen LogP contribution in [-0.2, 0) is 4.79 Å². The summed E-state index contributed by atoms with van der Waals surface area (Å²) in [5, 5.41) is 3.71. The minimum atomic E-state index is -0.235. The van der Waals surface area contributed by atoms with Gasteiger partial charge in [-0.15, -0.1) is 11.8 Å². The molecule has 0 saturated heterocycles. The number of halogens is 1. The van der Waals surface area contributed by atoms with Crippen LogP contribution in [0.25, 0.3) is 0 Å². The molecule has 0 saturated carbocycles. The Balaban J connectivity index is 2.58. The molecule has 0 aliphatic heterocycles. The molecule has 1 atom stereocenters. The van der Waals surface area contributed by atoms with Crippen molar-refractivity contribution in [1.82, 2.24) is 0 Å². The van der Waals surface area contributed by atoms with E-state index in [1.165, 1.54) is 0 Å². The fourth-order valence-corrected chi connectivity index (χ4v) is 1.50. The van der Waals surface area contributed by atoms with Gasteiger partial charge in [0.25, 0.3) is 0 Å². The van der Waals surface area contributed by atoms with Crippen molar-refractivity contribution in [2.24, 2.45) is 0 Å². The number of benzene rings is 1. The van der Waals surface area contributed by atoms with E-state index in [-0.39, 0.29) is 6.04 Å². The predicted octanol–water partition coefficient (Wildman–Crippen LogP) is 3.12. The zero-order chi connectivity index (χ0) is 11.8. The summed E-state index contributed by atoms with van der Waals surface area (Å²) in [5.74, 6) is 5.73. The quantitative estimate of drug-likeness (QED) is 0.628. The van der Waals surface area contributed by atoms with Gasteiger partial charge in [-0.25, -0.2) is 0 Å². The first kappa shape index (κ1) is 12.6. The summed E-state index contributed by atoms with van der Waals surface area (Å²) in [4.78, 5) is 10.9.